The fourth-order valence-corrected chi connectivity index (χ4v) is 7.83. The summed E-state index contributed by atoms with van der Waals surface area (Å²) >= 11 is 0. The second-order valence-electron chi connectivity index (χ2n) is 12.3. The van der Waals surface area contributed by atoms with Gasteiger partial charge in [0.15, 0.2) is 5.82 Å². The van der Waals surface area contributed by atoms with Crippen LogP contribution in [0.2, 0.25) is 0 Å². The molecule has 0 saturated carbocycles. The van der Waals surface area contributed by atoms with Gasteiger partial charge in [0.05, 0.1) is 10.5 Å². The molecule has 0 spiro atoms. The monoisotopic (exact) mass is 672 g/mol. The van der Waals surface area contributed by atoms with Crippen LogP contribution in [0.15, 0.2) is 41.3 Å². The van der Waals surface area contributed by atoms with Gasteiger partial charge in [-0.25, -0.2) is 22.0 Å². The number of halogens is 2. The highest BCUT2D eigenvalue weighted by molar-refractivity contribution is 7.89. The van der Waals surface area contributed by atoms with Gasteiger partial charge in [0.1, 0.15) is 11.6 Å². The molecule has 1 aromatic heterocycles. The molecule has 4 N–H and O–H groups in total. The molecule has 3 aromatic rings. The Hall–Kier alpha value is -4.28. The van der Waals surface area contributed by atoms with Crippen molar-refractivity contribution in [2.24, 2.45) is 5.92 Å². The maximum atomic E-state index is 13.9. The van der Waals surface area contributed by atoms with Gasteiger partial charge in [-0.15, -0.1) is 0 Å². The number of aromatic nitrogens is 2. The minimum absolute atomic E-state index is 0.0609. The quantitative estimate of drug-likeness (QED) is 0.283. The molecule has 252 valence electrons. The molecule has 3 aliphatic heterocycles. The van der Waals surface area contributed by atoms with Gasteiger partial charge in [0, 0.05) is 94.0 Å². The predicted octanol–water partition coefficient (Wildman–Crippen LogP) is 3.24. The number of fused-ring (bicyclic) bond motifs is 1. The van der Waals surface area contributed by atoms with E-state index in [0.29, 0.717) is 48.2 Å². The van der Waals surface area contributed by atoms with Crippen molar-refractivity contribution in [2.75, 3.05) is 74.9 Å². The van der Waals surface area contributed by atoms with Gasteiger partial charge in [-0.05, 0) is 56.1 Å². The summed E-state index contributed by atoms with van der Waals surface area (Å²) in [4.78, 5) is 30.8. The molecule has 0 bridgehead atoms. The van der Waals surface area contributed by atoms with Crippen molar-refractivity contribution >= 4 is 39.2 Å². The van der Waals surface area contributed by atoms with E-state index in [9.17, 15) is 31.9 Å². The molecule has 0 radical (unpaired) electrons. The number of benzene rings is 2. The predicted molar refractivity (Wildman–Crippen MR) is 171 cm³/mol. The molecule has 1 unspecified atom stereocenters. The number of anilines is 3. The molecule has 0 aliphatic carbocycles. The Balaban J connectivity index is 1.22. The number of rotatable bonds is 8. The number of carboxylic acid groups (broad SMARTS) is 1. The summed E-state index contributed by atoms with van der Waals surface area (Å²) in [5, 5.41) is 22.9. The molecule has 3 aliphatic rings. The third-order valence-electron chi connectivity index (χ3n) is 9.09. The summed E-state index contributed by atoms with van der Waals surface area (Å²) in [6.07, 6.45) is 0.940. The minimum Gasteiger partial charge on any atom is -0.465 e. The summed E-state index contributed by atoms with van der Waals surface area (Å²) in [5.41, 5.74) is 3.01. The summed E-state index contributed by atoms with van der Waals surface area (Å²) in [7, 11) is -2.16. The second-order valence-corrected chi connectivity index (χ2v) is 14.3. The van der Waals surface area contributed by atoms with E-state index in [2.05, 4.69) is 37.7 Å². The molecular formula is C31H38F2N8O5S. The number of aromatic amines is 1. The van der Waals surface area contributed by atoms with Crippen LogP contribution in [0.4, 0.5) is 30.8 Å². The molecule has 2 aromatic carbocycles. The molecule has 16 heteroatoms. The zero-order valence-corrected chi connectivity index (χ0v) is 26.8. The van der Waals surface area contributed by atoms with Crippen molar-refractivity contribution in [3.8, 4) is 0 Å². The lowest BCUT2D eigenvalue weighted by Crippen LogP contribution is -2.44. The number of H-pyrrole nitrogens is 1. The Bertz CT molecular complexity index is 1740. The first-order chi connectivity index (χ1) is 22.5. The Morgan fingerprint density at radius 2 is 1.79 bits per heavy atom. The van der Waals surface area contributed by atoms with E-state index in [1.165, 1.54) is 4.90 Å². The zero-order valence-electron chi connectivity index (χ0n) is 26.0. The van der Waals surface area contributed by atoms with E-state index in [0.717, 1.165) is 61.1 Å². The average Bonchev–Trinajstić information content (AvgIpc) is 3.45. The van der Waals surface area contributed by atoms with E-state index in [-0.39, 0.29) is 31.2 Å². The van der Waals surface area contributed by atoms with Crippen LogP contribution >= 0.6 is 0 Å². The number of piperazine rings is 1. The van der Waals surface area contributed by atoms with Gasteiger partial charge in [0.2, 0.25) is 10.0 Å². The maximum absolute atomic E-state index is 13.9. The number of hydrogen-bond acceptors (Lipinski definition) is 8. The zero-order chi connectivity index (χ0) is 33.3. The summed E-state index contributed by atoms with van der Waals surface area (Å²) in [6.45, 7) is 4.77. The lowest BCUT2D eigenvalue weighted by atomic mass is 9.98. The van der Waals surface area contributed by atoms with Crippen LogP contribution < -0.4 is 15.5 Å². The molecule has 2 amide bonds. The summed E-state index contributed by atoms with van der Waals surface area (Å²) in [6, 6.07) is 7.73. The minimum atomic E-state index is -4.24. The number of nitrogens with zero attached hydrogens (tertiary/aromatic N) is 5. The summed E-state index contributed by atoms with van der Waals surface area (Å²) in [5.74, 6) is -2.23. The first kappa shape index (κ1) is 32.7. The smallest absolute Gasteiger partial charge is 0.407 e. The number of hydrogen-bond donors (Lipinski definition) is 4. The molecule has 2 saturated heterocycles. The Morgan fingerprint density at radius 1 is 1.04 bits per heavy atom. The topological polar surface area (TPSA) is 154 Å². The van der Waals surface area contributed by atoms with E-state index in [1.807, 2.05) is 12.1 Å². The Labute approximate surface area is 271 Å². The van der Waals surface area contributed by atoms with Crippen molar-refractivity contribution in [1.29, 1.82) is 0 Å². The van der Waals surface area contributed by atoms with Crippen LogP contribution in [0.5, 0.6) is 0 Å². The van der Waals surface area contributed by atoms with Gasteiger partial charge in [0.25, 0.3) is 5.91 Å². The van der Waals surface area contributed by atoms with Crippen LogP contribution in [0.3, 0.4) is 0 Å². The van der Waals surface area contributed by atoms with Crippen molar-refractivity contribution in [3.63, 3.8) is 0 Å². The molecule has 1 atom stereocenters. The lowest BCUT2D eigenvalue weighted by molar-refractivity contribution is 0.102. The Kier molecular flexibility index (Phi) is 9.34. The van der Waals surface area contributed by atoms with Crippen molar-refractivity contribution in [2.45, 2.75) is 30.7 Å². The molecule has 6 rings (SSSR count). The number of likely N-dealkylation sites (N-methyl/N-ethyl adjacent to an activating group) is 1. The van der Waals surface area contributed by atoms with Gasteiger partial charge in [-0.2, -0.15) is 9.40 Å². The van der Waals surface area contributed by atoms with Gasteiger partial charge in [-0.1, -0.05) is 0 Å². The van der Waals surface area contributed by atoms with Crippen molar-refractivity contribution < 1.29 is 31.9 Å². The molecule has 4 heterocycles. The standard InChI is InChI=1S/C31H38F2N8O5S/c1-38-9-11-39(12-10-38)23-4-5-25(28(16-23)34-17-20-3-2-7-40(18-20)31(43)44)30(42)35-29-26-19-41(8-6-27(26)36-37-29)47(45,46)24-14-21(32)13-22(33)15-24/h4-5,13-16,20,34H,2-3,6-12,17-19H2,1H3,(H,43,44)(H2,35,36,37,42). The van der Waals surface area contributed by atoms with Gasteiger partial charge in [-0.3, -0.25) is 9.89 Å². The average molecular weight is 673 g/mol. The fraction of sp³-hybridized carbons (Fsp3) is 0.452. The summed E-state index contributed by atoms with van der Waals surface area (Å²) < 4.78 is 55.4. The highest BCUT2D eigenvalue weighted by Crippen LogP contribution is 2.31. The van der Waals surface area contributed by atoms with Crippen molar-refractivity contribution in [1.82, 2.24) is 24.3 Å². The number of amides is 2. The first-order valence-corrected chi connectivity index (χ1v) is 17.0. The maximum Gasteiger partial charge on any atom is 0.407 e. The van der Waals surface area contributed by atoms with Gasteiger partial charge < -0.3 is 30.4 Å². The highest BCUT2D eigenvalue weighted by atomic mass is 32.2. The van der Waals surface area contributed by atoms with Crippen LogP contribution in [0, 0.1) is 17.6 Å². The van der Waals surface area contributed by atoms with E-state index < -0.39 is 38.6 Å². The van der Waals surface area contributed by atoms with Crippen LogP contribution in [0.25, 0.3) is 0 Å². The largest absolute Gasteiger partial charge is 0.465 e. The highest BCUT2D eigenvalue weighted by Gasteiger charge is 2.33. The third kappa shape index (κ3) is 7.18. The van der Waals surface area contributed by atoms with Crippen molar-refractivity contribution in [3.05, 3.63) is 64.9 Å². The number of carbonyl (C=O) groups excluding carboxylic acids is 1. The first-order valence-electron chi connectivity index (χ1n) is 15.6. The fourth-order valence-electron chi connectivity index (χ4n) is 6.38. The number of sulfonamides is 1. The Morgan fingerprint density at radius 3 is 2.51 bits per heavy atom. The van der Waals surface area contributed by atoms with Gasteiger partial charge >= 0.3 is 6.09 Å². The molecule has 2 fully saturated rings. The van der Waals surface area contributed by atoms with E-state index in [4.69, 9.17) is 0 Å². The molecule has 47 heavy (non-hydrogen) atoms. The van der Waals surface area contributed by atoms with Crippen LogP contribution in [-0.2, 0) is 23.0 Å². The number of carbonyl (C=O) groups is 2. The SMILES string of the molecule is CN1CCN(c2ccc(C(=O)Nc3n[nH]c4c3CN(S(=O)(=O)c3cc(F)cc(F)c3)CC4)c(NCC3CCCN(C(=O)O)C3)c2)CC1. The molecular weight excluding hydrogens is 634 g/mol. The van der Waals surface area contributed by atoms with Crippen LogP contribution in [0.1, 0.15) is 34.5 Å². The normalized spacial score (nSPS) is 19.3. The van der Waals surface area contributed by atoms with Crippen LogP contribution in [-0.4, -0.2) is 109 Å². The third-order valence-corrected chi connectivity index (χ3v) is 10.9. The van der Waals surface area contributed by atoms with E-state index >= 15 is 0 Å². The van der Waals surface area contributed by atoms with E-state index in [1.54, 1.807) is 6.07 Å². The number of likely N-dealkylation sites (tertiary alicyclic amines) is 1. The number of piperidine rings is 1. The second kappa shape index (κ2) is 13.4. The number of nitrogens with one attached hydrogen (secondary N) is 3. The lowest BCUT2D eigenvalue weighted by Gasteiger charge is -2.34. The molecule has 13 nitrogen and oxygen atoms in total.